The van der Waals surface area contributed by atoms with Gasteiger partial charge in [0.25, 0.3) is 0 Å². The van der Waals surface area contributed by atoms with Crippen LogP contribution in [0.4, 0.5) is 14.5 Å². The first kappa shape index (κ1) is 14.2. The molecule has 2 rings (SSSR count). The third-order valence-electron chi connectivity index (χ3n) is 2.61. The summed E-state index contributed by atoms with van der Waals surface area (Å²) in [6, 6.07) is 4.89. The monoisotopic (exact) mass is 346 g/mol. The number of hydrogen-bond acceptors (Lipinski definition) is 2. The van der Waals surface area contributed by atoms with Crippen LogP contribution in [0.1, 0.15) is 18.5 Å². The molecule has 2 nitrogen and oxygen atoms in total. The average molecular weight is 348 g/mol. The normalized spacial score (nSPS) is 12.3. The van der Waals surface area contributed by atoms with Gasteiger partial charge in [-0.2, -0.15) is 0 Å². The molecule has 19 heavy (non-hydrogen) atoms. The molecule has 1 heterocycles. The van der Waals surface area contributed by atoms with Crippen LogP contribution in [0, 0.1) is 11.6 Å². The zero-order valence-corrected chi connectivity index (χ0v) is 12.3. The van der Waals surface area contributed by atoms with Gasteiger partial charge in [-0.05, 0) is 41.1 Å². The lowest BCUT2D eigenvalue weighted by Gasteiger charge is -2.17. The topological polar surface area (TPSA) is 24.9 Å². The maximum Gasteiger partial charge on any atom is 0.152 e. The molecule has 2 aromatic rings. The van der Waals surface area contributed by atoms with E-state index in [1.54, 1.807) is 19.2 Å². The molecule has 6 heteroatoms. The van der Waals surface area contributed by atoms with Crippen LogP contribution in [0.15, 0.2) is 34.9 Å². The number of hydrogen-bond donors (Lipinski definition) is 1. The van der Waals surface area contributed by atoms with Crippen molar-refractivity contribution < 1.29 is 8.78 Å². The second-order valence-corrected chi connectivity index (χ2v) is 5.27. The maximum absolute atomic E-state index is 13.6. The highest BCUT2D eigenvalue weighted by molar-refractivity contribution is 9.10. The highest BCUT2D eigenvalue weighted by Gasteiger charge is 2.17. The van der Waals surface area contributed by atoms with E-state index in [2.05, 4.69) is 26.2 Å². The van der Waals surface area contributed by atoms with Crippen LogP contribution >= 0.6 is 27.5 Å². The minimum atomic E-state index is -0.598. The molecule has 0 aliphatic heterocycles. The largest absolute Gasteiger partial charge is 0.376 e. The number of aromatic nitrogens is 1. The Labute approximate surface area is 122 Å². The lowest BCUT2D eigenvalue weighted by Crippen LogP contribution is -2.11. The van der Waals surface area contributed by atoms with Gasteiger partial charge in [-0.3, -0.25) is 0 Å². The number of nitrogens with zero attached hydrogens (tertiary/aromatic N) is 1. The van der Waals surface area contributed by atoms with Crippen molar-refractivity contribution in [1.29, 1.82) is 0 Å². The molecular formula is C13H10BrClF2N2. The summed E-state index contributed by atoms with van der Waals surface area (Å²) in [6.07, 6.45) is 1.54. The molecule has 0 saturated carbocycles. The Morgan fingerprint density at radius 1 is 1.32 bits per heavy atom. The molecule has 1 aromatic carbocycles. The van der Waals surface area contributed by atoms with Crippen LogP contribution in [0.3, 0.4) is 0 Å². The predicted molar refractivity (Wildman–Crippen MR) is 75.3 cm³/mol. The molecule has 1 N–H and O–H groups in total. The van der Waals surface area contributed by atoms with Gasteiger partial charge in [-0.25, -0.2) is 13.8 Å². The highest BCUT2D eigenvalue weighted by Crippen LogP contribution is 2.29. The Hall–Kier alpha value is -1.20. The van der Waals surface area contributed by atoms with E-state index in [4.69, 9.17) is 11.6 Å². The van der Waals surface area contributed by atoms with E-state index in [0.29, 0.717) is 5.69 Å². The number of rotatable bonds is 3. The summed E-state index contributed by atoms with van der Waals surface area (Å²) in [5, 5.41) is 3.19. The van der Waals surface area contributed by atoms with Gasteiger partial charge in [0, 0.05) is 16.2 Å². The quantitative estimate of drug-likeness (QED) is 0.795. The molecule has 0 bridgehead atoms. The summed E-state index contributed by atoms with van der Waals surface area (Å²) in [6.45, 7) is 1.65. The predicted octanol–water partition coefficient (Wildman–Crippen LogP) is 4.95. The summed E-state index contributed by atoms with van der Waals surface area (Å²) in [5.74, 6) is -1.20. The smallest absolute Gasteiger partial charge is 0.152 e. The lowest BCUT2D eigenvalue weighted by atomic mass is 10.1. The van der Waals surface area contributed by atoms with Crippen molar-refractivity contribution >= 4 is 33.2 Å². The van der Waals surface area contributed by atoms with Gasteiger partial charge in [0.2, 0.25) is 0 Å². The second kappa shape index (κ2) is 5.84. The Kier molecular flexibility index (Phi) is 4.37. The van der Waals surface area contributed by atoms with Gasteiger partial charge in [0.1, 0.15) is 11.6 Å². The molecule has 0 amide bonds. The van der Waals surface area contributed by atoms with E-state index < -0.39 is 17.7 Å². The van der Waals surface area contributed by atoms with Crippen molar-refractivity contribution in [2.45, 2.75) is 13.0 Å². The number of pyridine rings is 1. The van der Waals surface area contributed by atoms with Gasteiger partial charge >= 0.3 is 0 Å². The van der Waals surface area contributed by atoms with Crippen LogP contribution in [0.5, 0.6) is 0 Å². The van der Waals surface area contributed by atoms with E-state index in [1.807, 2.05) is 0 Å². The molecule has 0 radical (unpaired) electrons. The van der Waals surface area contributed by atoms with Gasteiger partial charge in [-0.1, -0.05) is 17.7 Å². The summed E-state index contributed by atoms with van der Waals surface area (Å²) in [5.41, 5.74) is 0.477. The van der Waals surface area contributed by atoms with Crippen LogP contribution in [0.25, 0.3) is 0 Å². The van der Waals surface area contributed by atoms with Gasteiger partial charge in [0.15, 0.2) is 5.15 Å². The Morgan fingerprint density at radius 2 is 1.95 bits per heavy atom. The Bertz CT molecular complexity index is 587. The minimum Gasteiger partial charge on any atom is -0.376 e. The number of nitrogens with one attached hydrogen (secondary N) is 1. The first-order chi connectivity index (χ1) is 8.99. The molecule has 0 fully saturated rings. The summed E-state index contributed by atoms with van der Waals surface area (Å²) >= 11 is 9.19. The first-order valence-electron chi connectivity index (χ1n) is 5.50. The summed E-state index contributed by atoms with van der Waals surface area (Å²) < 4.78 is 28.0. The van der Waals surface area contributed by atoms with Crippen LogP contribution < -0.4 is 5.32 Å². The third kappa shape index (κ3) is 3.22. The molecule has 1 atom stereocenters. The van der Waals surface area contributed by atoms with E-state index in [9.17, 15) is 8.78 Å². The van der Waals surface area contributed by atoms with E-state index in [0.717, 1.165) is 4.47 Å². The fraction of sp³-hybridized carbons (Fsp3) is 0.154. The SMILES string of the molecule is CC(Nc1cc(Br)cnc1Cl)c1c(F)cccc1F. The van der Waals surface area contributed by atoms with Crippen molar-refractivity contribution in [3.8, 4) is 0 Å². The zero-order chi connectivity index (χ0) is 14.0. The number of anilines is 1. The van der Waals surface area contributed by atoms with Crippen LogP contribution in [-0.2, 0) is 0 Å². The van der Waals surface area contributed by atoms with Crippen molar-refractivity contribution in [3.05, 3.63) is 57.3 Å². The molecule has 0 spiro atoms. The maximum atomic E-state index is 13.6. The molecule has 0 saturated heterocycles. The Morgan fingerprint density at radius 3 is 2.58 bits per heavy atom. The molecule has 0 aliphatic rings. The van der Waals surface area contributed by atoms with E-state index in [-0.39, 0.29) is 10.7 Å². The van der Waals surface area contributed by atoms with Crippen molar-refractivity contribution in [1.82, 2.24) is 4.98 Å². The van der Waals surface area contributed by atoms with E-state index >= 15 is 0 Å². The second-order valence-electron chi connectivity index (χ2n) is 3.99. The summed E-state index contributed by atoms with van der Waals surface area (Å²) in [7, 11) is 0. The van der Waals surface area contributed by atoms with Crippen molar-refractivity contribution in [2.24, 2.45) is 0 Å². The first-order valence-corrected chi connectivity index (χ1v) is 6.67. The lowest BCUT2D eigenvalue weighted by molar-refractivity contribution is 0.544. The summed E-state index contributed by atoms with van der Waals surface area (Å²) in [4.78, 5) is 3.94. The average Bonchev–Trinajstić information content (AvgIpc) is 2.33. The van der Waals surface area contributed by atoms with Crippen molar-refractivity contribution in [2.75, 3.05) is 5.32 Å². The van der Waals surface area contributed by atoms with Gasteiger partial charge in [-0.15, -0.1) is 0 Å². The van der Waals surface area contributed by atoms with Crippen LogP contribution in [0.2, 0.25) is 5.15 Å². The number of halogens is 4. The molecule has 1 aromatic heterocycles. The number of benzene rings is 1. The highest BCUT2D eigenvalue weighted by atomic mass is 79.9. The van der Waals surface area contributed by atoms with Gasteiger partial charge < -0.3 is 5.32 Å². The molecular weight excluding hydrogens is 338 g/mol. The Balaban J connectivity index is 2.31. The van der Waals surface area contributed by atoms with Gasteiger partial charge in [0.05, 0.1) is 11.7 Å². The fourth-order valence-corrected chi connectivity index (χ4v) is 2.24. The zero-order valence-electron chi connectivity index (χ0n) is 9.92. The molecule has 100 valence electrons. The molecule has 0 aliphatic carbocycles. The minimum absolute atomic E-state index is 0.0291. The van der Waals surface area contributed by atoms with Crippen LogP contribution in [-0.4, -0.2) is 4.98 Å². The standard InChI is InChI=1S/C13H10BrClF2N2/c1-7(12-9(16)3-2-4-10(12)17)19-11-5-8(14)6-18-13(11)15/h2-7,19H,1H3. The van der Waals surface area contributed by atoms with Crippen molar-refractivity contribution in [3.63, 3.8) is 0 Å². The third-order valence-corrected chi connectivity index (χ3v) is 3.35. The van der Waals surface area contributed by atoms with E-state index in [1.165, 1.54) is 18.2 Å². The molecule has 1 unspecified atom stereocenters. The fourth-order valence-electron chi connectivity index (χ4n) is 1.75.